The summed E-state index contributed by atoms with van der Waals surface area (Å²) in [5.74, 6) is 0.803. The molecule has 5 nitrogen and oxygen atoms in total. The van der Waals surface area contributed by atoms with Gasteiger partial charge in [-0.3, -0.25) is 4.98 Å². The first-order chi connectivity index (χ1) is 17.7. The molecule has 0 saturated carbocycles. The first-order valence-corrected chi connectivity index (χ1v) is 15.8. The highest BCUT2D eigenvalue weighted by atomic mass is 28.3. The van der Waals surface area contributed by atoms with Crippen molar-refractivity contribution in [2.45, 2.75) is 33.5 Å². The van der Waals surface area contributed by atoms with Crippen molar-refractivity contribution >= 4 is 35.2 Å². The van der Waals surface area contributed by atoms with Crippen molar-refractivity contribution in [3.8, 4) is 28.1 Å². The molecule has 0 radical (unpaired) electrons. The molecule has 0 N–H and O–H groups in total. The third kappa shape index (κ3) is 3.86. The SMILES string of the molecule is Cc1nc(C)n(-c2c(F)cc3c(oc4c(-c5ccc([Si](C)(C)C)cn5)cccc43)c2-c2ccccc2)n1. The lowest BCUT2D eigenvalue weighted by Crippen LogP contribution is -2.37. The first-order valence-electron chi connectivity index (χ1n) is 12.3. The highest BCUT2D eigenvalue weighted by molar-refractivity contribution is 6.88. The minimum atomic E-state index is -1.47. The van der Waals surface area contributed by atoms with Gasteiger partial charge in [-0.05, 0) is 42.8 Å². The molecule has 0 spiro atoms. The second-order valence-corrected chi connectivity index (χ2v) is 15.5. The molecule has 0 atom stereocenters. The normalized spacial score (nSPS) is 12.1. The van der Waals surface area contributed by atoms with E-state index in [4.69, 9.17) is 9.40 Å². The molecule has 6 aromatic rings. The topological polar surface area (TPSA) is 56.7 Å². The molecule has 0 fully saturated rings. The Hall–Kier alpha value is -4.10. The van der Waals surface area contributed by atoms with E-state index in [1.54, 1.807) is 17.7 Å². The molecule has 3 aromatic carbocycles. The van der Waals surface area contributed by atoms with Crippen LogP contribution in [0.5, 0.6) is 0 Å². The number of furan rings is 1. The molecule has 6 rings (SSSR count). The third-order valence-corrected chi connectivity index (χ3v) is 8.80. The van der Waals surface area contributed by atoms with Gasteiger partial charge in [0.15, 0.2) is 0 Å². The lowest BCUT2D eigenvalue weighted by Gasteiger charge is -2.16. The molecular formula is C30H27FN4OSi. The zero-order valence-corrected chi connectivity index (χ0v) is 22.5. The number of nitrogens with zero attached hydrogens (tertiary/aromatic N) is 4. The van der Waals surface area contributed by atoms with Crippen LogP contribution in [0.15, 0.2) is 77.3 Å². The Bertz CT molecular complexity index is 1780. The van der Waals surface area contributed by atoms with E-state index in [1.165, 1.54) is 5.19 Å². The average molecular weight is 507 g/mol. The minimum Gasteiger partial charge on any atom is -0.455 e. The molecule has 0 aliphatic heterocycles. The van der Waals surface area contributed by atoms with Crippen molar-refractivity contribution in [1.29, 1.82) is 0 Å². The smallest absolute Gasteiger partial charge is 0.150 e. The lowest BCUT2D eigenvalue weighted by molar-refractivity contribution is 0.607. The van der Waals surface area contributed by atoms with Gasteiger partial charge >= 0.3 is 0 Å². The van der Waals surface area contributed by atoms with E-state index in [-0.39, 0.29) is 5.82 Å². The van der Waals surface area contributed by atoms with E-state index in [2.05, 4.69) is 41.9 Å². The Morgan fingerprint density at radius 2 is 1.65 bits per heavy atom. The van der Waals surface area contributed by atoms with E-state index in [9.17, 15) is 0 Å². The summed E-state index contributed by atoms with van der Waals surface area (Å²) in [6.45, 7) is 10.5. The summed E-state index contributed by atoms with van der Waals surface area (Å²) >= 11 is 0. The molecule has 0 unspecified atom stereocenters. The number of aryl methyl sites for hydroxylation is 2. The van der Waals surface area contributed by atoms with Gasteiger partial charge < -0.3 is 4.42 Å². The van der Waals surface area contributed by atoms with E-state index in [0.717, 1.165) is 22.2 Å². The summed E-state index contributed by atoms with van der Waals surface area (Å²) in [5.41, 5.74) is 4.82. The van der Waals surface area contributed by atoms with E-state index < -0.39 is 8.07 Å². The van der Waals surface area contributed by atoms with Crippen molar-refractivity contribution < 1.29 is 8.81 Å². The quantitative estimate of drug-likeness (QED) is 0.237. The van der Waals surface area contributed by atoms with E-state index in [1.807, 2.05) is 61.7 Å². The lowest BCUT2D eigenvalue weighted by atomic mass is 9.99. The van der Waals surface area contributed by atoms with Crippen molar-refractivity contribution in [2.24, 2.45) is 0 Å². The predicted octanol–water partition coefficient (Wildman–Crippen LogP) is 7.20. The van der Waals surface area contributed by atoms with E-state index >= 15 is 4.39 Å². The van der Waals surface area contributed by atoms with Gasteiger partial charge in [0.05, 0.1) is 19.3 Å². The van der Waals surface area contributed by atoms with Crippen LogP contribution >= 0.6 is 0 Å². The zero-order valence-electron chi connectivity index (χ0n) is 21.5. The molecule has 0 bridgehead atoms. The van der Waals surface area contributed by atoms with Gasteiger partial charge in [-0.1, -0.05) is 68.2 Å². The van der Waals surface area contributed by atoms with Crippen LogP contribution < -0.4 is 5.19 Å². The number of pyridine rings is 1. The van der Waals surface area contributed by atoms with Gasteiger partial charge in [-0.25, -0.2) is 14.1 Å². The van der Waals surface area contributed by atoms with Crippen molar-refractivity contribution in [3.05, 3.63) is 90.4 Å². The van der Waals surface area contributed by atoms with Gasteiger partial charge in [0.2, 0.25) is 0 Å². The Balaban J connectivity index is 1.67. The van der Waals surface area contributed by atoms with Crippen LogP contribution in [0, 0.1) is 19.7 Å². The summed E-state index contributed by atoms with van der Waals surface area (Å²) in [6, 6.07) is 21.5. The zero-order chi connectivity index (χ0) is 25.9. The number of para-hydroxylation sites is 1. The fourth-order valence-electron chi connectivity index (χ4n) is 4.90. The number of halogens is 1. The minimum absolute atomic E-state index is 0.329. The molecule has 0 aliphatic carbocycles. The number of hydrogen-bond acceptors (Lipinski definition) is 4. The molecule has 0 amide bonds. The van der Waals surface area contributed by atoms with Gasteiger partial charge in [-0.2, -0.15) is 5.10 Å². The highest BCUT2D eigenvalue weighted by Gasteiger charge is 2.25. The Morgan fingerprint density at radius 3 is 2.30 bits per heavy atom. The number of rotatable bonds is 4. The second kappa shape index (κ2) is 8.49. The summed E-state index contributed by atoms with van der Waals surface area (Å²) in [7, 11) is -1.47. The molecule has 3 heterocycles. The van der Waals surface area contributed by atoms with Gasteiger partial charge in [0.1, 0.15) is 34.3 Å². The number of hydrogen-bond donors (Lipinski definition) is 0. The van der Waals surface area contributed by atoms with Crippen LogP contribution in [-0.2, 0) is 0 Å². The fraction of sp³-hybridized carbons (Fsp3) is 0.167. The van der Waals surface area contributed by atoms with Crippen molar-refractivity contribution in [2.75, 3.05) is 0 Å². The molecule has 184 valence electrons. The highest BCUT2D eigenvalue weighted by Crippen LogP contribution is 2.43. The van der Waals surface area contributed by atoms with Crippen LogP contribution in [0.2, 0.25) is 19.6 Å². The molecule has 0 saturated heterocycles. The summed E-state index contributed by atoms with van der Waals surface area (Å²) in [4.78, 5) is 9.20. The number of fused-ring (bicyclic) bond motifs is 3. The predicted molar refractivity (Wildman–Crippen MR) is 150 cm³/mol. The third-order valence-electron chi connectivity index (χ3n) is 6.77. The van der Waals surface area contributed by atoms with Crippen LogP contribution in [-0.4, -0.2) is 27.8 Å². The van der Waals surface area contributed by atoms with Crippen LogP contribution in [0.3, 0.4) is 0 Å². The average Bonchev–Trinajstić information content (AvgIpc) is 3.41. The molecule has 37 heavy (non-hydrogen) atoms. The van der Waals surface area contributed by atoms with Gasteiger partial charge in [0, 0.05) is 22.5 Å². The second-order valence-electron chi connectivity index (χ2n) is 10.4. The maximum Gasteiger partial charge on any atom is 0.150 e. The number of aromatic nitrogens is 4. The number of benzene rings is 3. The van der Waals surface area contributed by atoms with Gasteiger partial charge in [-0.15, -0.1) is 0 Å². The molecule has 3 aromatic heterocycles. The van der Waals surface area contributed by atoms with Crippen LogP contribution in [0.25, 0.3) is 50.0 Å². The summed E-state index contributed by atoms with van der Waals surface area (Å²) < 4.78 is 24.2. The summed E-state index contributed by atoms with van der Waals surface area (Å²) in [5, 5.41) is 7.35. The fourth-order valence-corrected chi connectivity index (χ4v) is 5.94. The summed E-state index contributed by atoms with van der Waals surface area (Å²) in [6.07, 6.45) is 1.98. The molecular weight excluding hydrogens is 479 g/mol. The van der Waals surface area contributed by atoms with Crippen LogP contribution in [0.1, 0.15) is 11.6 Å². The maximum absolute atomic E-state index is 16.0. The monoisotopic (exact) mass is 506 g/mol. The first kappa shape index (κ1) is 23.3. The Labute approximate surface area is 215 Å². The Morgan fingerprint density at radius 1 is 0.865 bits per heavy atom. The van der Waals surface area contributed by atoms with E-state index in [0.29, 0.717) is 39.5 Å². The van der Waals surface area contributed by atoms with Crippen LogP contribution in [0.4, 0.5) is 4.39 Å². The largest absolute Gasteiger partial charge is 0.455 e. The maximum atomic E-state index is 16.0. The molecule has 0 aliphatic rings. The van der Waals surface area contributed by atoms with Crippen molar-refractivity contribution in [1.82, 2.24) is 19.7 Å². The molecule has 7 heteroatoms. The standard InChI is InChI=1S/C30H27FN4OSi/c1-18-33-19(2)35(34-18)28-25(31)16-24-22-12-9-13-23(26-15-14-21(17-32-26)37(3,4)5)29(22)36-30(24)27(28)20-10-7-6-8-11-20/h6-17H,1-5H3. The van der Waals surface area contributed by atoms with Gasteiger partial charge in [0.25, 0.3) is 0 Å². The Kier molecular flexibility index (Phi) is 5.35. The van der Waals surface area contributed by atoms with Crippen molar-refractivity contribution in [3.63, 3.8) is 0 Å².